The van der Waals surface area contributed by atoms with Crippen LogP contribution in [0.4, 0.5) is 0 Å². The molecule has 102 valence electrons. The molecule has 2 nitrogen and oxygen atoms in total. The first-order valence-corrected chi connectivity index (χ1v) is 6.92. The Balaban J connectivity index is 1.95. The third-order valence-electron chi connectivity index (χ3n) is 3.22. The van der Waals surface area contributed by atoms with Crippen molar-refractivity contribution in [2.45, 2.75) is 45.6 Å². The maximum absolute atomic E-state index is 12.0. The molecule has 0 saturated heterocycles. The Labute approximate surface area is 115 Å². The molecule has 0 aliphatic heterocycles. The lowest BCUT2D eigenvalue weighted by atomic mass is 9.99. The number of ether oxygens (including phenoxy) is 1. The van der Waals surface area contributed by atoms with Gasteiger partial charge in [0.1, 0.15) is 5.60 Å². The average molecular weight is 258 g/mol. The van der Waals surface area contributed by atoms with Gasteiger partial charge in [-0.15, -0.1) is 0 Å². The van der Waals surface area contributed by atoms with E-state index in [0.29, 0.717) is 5.92 Å². The van der Waals surface area contributed by atoms with Crippen LogP contribution in [-0.2, 0) is 16.0 Å². The van der Waals surface area contributed by atoms with Gasteiger partial charge in [0, 0.05) is 5.57 Å². The van der Waals surface area contributed by atoms with Crippen LogP contribution in [0.2, 0.25) is 0 Å². The summed E-state index contributed by atoms with van der Waals surface area (Å²) in [5, 5.41) is 0. The van der Waals surface area contributed by atoms with Gasteiger partial charge in [-0.05, 0) is 51.5 Å². The number of esters is 1. The summed E-state index contributed by atoms with van der Waals surface area (Å²) in [6.45, 7) is 5.71. The van der Waals surface area contributed by atoms with Crippen LogP contribution in [0.3, 0.4) is 0 Å². The van der Waals surface area contributed by atoms with Crippen molar-refractivity contribution in [1.29, 1.82) is 0 Å². The van der Waals surface area contributed by atoms with Gasteiger partial charge in [-0.25, -0.2) is 4.79 Å². The van der Waals surface area contributed by atoms with E-state index in [2.05, 4.69) is 30.3 Å². The summed E-state index contributed by atoms with van der Waals surface area (Å²) in [5.74, 6) is 0.313. The van der Waals surface area contributed by atoms with Crippen LogP contribution >= 0.6 is 0 Å². The van der Waals surface area contributed by atoms with Crippen LogP contribution in [0.15, 0.2) is 42.0 Å². The first kappa shape index (κ1) is 13.9. The molecule has 0 radical (unpaired) electrons. The van der Waals surface area contributed by atoms with E-state index in [1.165, 1.54) is 5.56 Å². The van der Waals surface area contributed by atoms with Gasteiger partial charge in [-0.3, -0.25) is 0 Å². The van der Waals surface area contributed by atoms with Crippen molar-refractivity contribution in [3.05, 3.63) is 47.5 Å². The van der Waals surface area contributed by atoms with Crippen LogP contribution in [0, 0.1) is 5.92 Å². The molecule has 0 unspecified atom stereocenters. The van der Waals surface area contributed by atoms with E-state index >= 15 is 0 Å². The van der Waals surface area contributed by atoms with Crippen molar-refractivity contribution in [2.24, 2.45) is 5.92 Å². The second kappa shape index (κ2) is 5.60. The third-order valence-corrected chi connectivity index (χ3v) is 3.22. The Kier molecular flexibility index (Phi) is 4.08. The number of hydrogen-bond donors (Lipinski definition) is 0. The highest BCUT2D eigenvalue weighted by Crippen LogP contribution is 2.28. The molecule has 0 aromatic heterocycles. The Morgan fingerprint density at radius 1 is 1.26 bits per heavy atom. The van der Waals surface area contributed by atoms with Crippen LogP contribution in [0.1, 0.15) is 39.2 Å². The molecule has 0 bridgehead atoms. The minimum Gasteiger partial charge on any atom is -0.457 e. The van der Waals surface area contributed by atoms with Crippen molar-refractivity contribution >= 4 is 5.97 Å². The maximum atomic E-state index is 12.0. The van der Waals surface area contributed by atoms with Crippen LogP contribution in [-0.4, -0.2) is 11.6 Å². The fourth-order valence-electron chi connectivity index (χ4n) is 2.38. The second-order valence-corrected chi connectivity index (χ2v) is 6.18. The Hall–Kier alpha value is -1.57. The van der Waals surface area contributed by atoms with E-state index in [0.717, 1.165) is 24.8 Å². The van der Waals surface area contributed by atoms with Gasteiger partial charge >= 0.3 is 5.97 Å². The minimum atomic E-state index is -0.407. The topological polar surface area (TPSA) is 26.3 Å². The zero-order chi connectivity index (χ0) is 13.9. The molecular formula is C17H22O2. The van der Waals surface area contributed by atoms with E-state index in [1.807, 2.05) is 26.8 Å². The summed E-state index contributed by atoms with van der Waals surface area (Å²) in [4.78, 5) is 12.0. The molecule has 1 aliphatic rings. The fourth-order valence-corrected chi connectivity index (χ4v) is 2.38. The Morgan fingerprint density at radius 2 is 1.95 bits per heavy atom. The molecule has 1 aliphatic carbocycles. The molecular weight excluding hydrogens is 236 g/mol. The monoisotopic (exact) mass is 258 g/mol. The molecule has 0 heterocycles. The van der Waals surface area contributed by atoms with Gasteiger partial charge < -0.3 is 4.74 Å². The lowest BCUT2D eigenvalue weighted by Crippen LogP contribution is -2.24. The van der Waals surface area contributed by atoms with Crippen LogP contribution in [0.5, 0.6) is 0 Å². The van der Waals surface area contributed by atoms with Crippen molar-refractivity contribution in [3.8, 4) is 0 Å². The molecule has 1 atom stereocenters. The molecule has 0 amide bonds. The molecule has 19 heavy (non-hydrogen) atoms. The van der Waals surface area contributed by atoms with Gasteiger partial charge in [0.2, 0.25) is 0 Å². The molecule has 0 N–H and O–H groups in total. The number of hydrogen-bond acceptors (Lipinski definition) is 2. The predicted octanol–water partition coefficient (Wildman–Crippen LogP) is 3.91. The van der Waals surface area contributed by atoms with Crippen molar-refractivity contribution < 1.29 is 9.53 Å². The Morgan fingerprint density at radius 3 is 2.58 bits per heavy atom. The number of carbonyl (C=O) groups is 1. The number of carbonyl (C=O) groups excluding carboxylic acids is 1. The van der Waals surface area contributed by atoms with Crippen LogP contribution in [0.25, 0.3) is 0 Å². The maximum Gasteiger partial charge on any atom is 0.334 e. The van der Waals surface area contributed by atoms with Crippen molar-refractivity contribution in [3.63, 3.8) is 0 Å². The number of allylic oxidation sites excluding steroid dienone is 1. The Bertz CT molecular complexity index is 466. The third kappa shape index (κ3) is 4.23. The van der Waals surface area contributed by atoms with E-state index < -0.39 is 5.60 Å². The number of rotatable bonds is 3. The molecule has 0 saturated carbocycles. The largest absolute Gasteiger partial charge is 0.457 e. The standard InChI is InChI=1S/C17H22O2/c1-17(2,3)19-16(18)15-10-9-14(12-15)11-13-7-5-4-6-8-13/h4-8,12,14H,9-11H2,1-3H3/t14-/m0/s1. The minimum absolute atomic E-state index is 0.150. The molecule has 1 aromatic carbocycles. The van der Waals surface area contributed by atoms with E-state index in [4.69, 9.17) is 4.74 Å². The summed E-state index contributed by atoms with van der Waals surface area (Å²) >= 11 is 0. The van der Waals surface area contributed by atoms with Gasteiger partial charge in [-0.1, -0.05) is 36.4 Å². The van der Waals surface area contributed by atoms with E-state index in [-0.39, 0.29) is 5.97 Å². The lowest BCUT2D eigenvalue weighted by Gasteiger charge is -2.19. The van der Waals surface area contributed by atoms with Crippen LogP contribution < -0.4 is 0 Å². The molecule has 0 fully saturated rings. The second-order valence-electron chi connectivity index (χ2n) is 6.18. The predicted molar refractivity (Wildman–Crippen MR) is 76.8 cm³/mol. The molecule has 0 spiro atoms. The highest BCUT2D eigenvalue weighted by atomic mass is 16.6. The highest BCUT2D eigenvalue weighted by Gasteiger charge is 2.25. The van der Waals surface area contributed by atoms with E-state index in [9.17, 15) is 4.79 Å². The quantitative estimate of drug-likeness (QED) is 0.768. The highest BCUT2D eigenvalue weighted by molar-refractivity contribution is 5.89. The van der Waals surface area contributed by atoms with E-state index in [1.54, 1.807) is 0 Å². The first-order valence-electron chi connectivity index (χ1n) is 6.92. The van der Waals surface area contributed by atoms with Gasteiger partial charge in [0.15, 0.2) is 0 Å². The smallest absolute Gasteiger partial charge is 0.334 e. The number of benzene rings is 1. The molecule has 2 heteroatoms. The SMILES string of the molecule is CC(C)(C)OC(=O)C1=C[C@H](Cc2ccccc2)CC1. The van der Waals surface area contributed by atoms with Gasteiger partial charge in [0.05, 0.1) is 0 Å². The summed E-state index contributed by atoms with van der Waals surface area (Å²) in [5.41, 5.74) is 1.76. The fraction of sp³-hybridized carbons (Fsp3) is 0.471. The van der Waals surface area contributed by atoms with Crippen molar-refractivity contribution in [2.75, 3.05) is 0 Å². The normalized spacial score (nSPS) is 19.1. The zero-order valence-electron chi connectivity index (χ0n) is 12.0. The lowest BCUT2D eigenvalue weighted by molar-refractivity contribution is -0.149. The van der Waals surface area contributed by atoms with Gasteiger partial charge in [-0.2, -0.15) is 0 Å². The van der Waals surface area contributed by atoms with Crippen molar-refractivity contribution in [1.82, 2.24) is 0 Å². The first-order chi connectivity index (χ1) is 8.94. The summed E-state index contributed by atoms with van der Waals surface area (Å²) in [6, 6.07) is 10.4. The molecule has 2 rings (SSSR count). The summed E-state index contributed by atoms with van der Waals surface area (Å²) < 4.78 is 5.41. The average Bonchev–Trinajstić information content (AvgIpc) is 2.77. The summed E-state index contributed by atoms with van der Waals surface area (Å²) in [7, 11) is 0. The van der Waals surface area contributed by atoms with Gasteiger partial charge in [0.25, 0.3) is 0 Å². The molecule has 1 aromatic rings. The zero-order valence-corrected chi connectivity index (χ0v) is 12.0. The summed E-state index contributed by atoms with van der Waals surface area (Å²) in [6.07, 6.45) is 4.99.